The molecule has 36 heavy (non-hydrogen) atoms. The number of hydrogen-bond acceptors (Lipinski definition) is 4. The summed E-state index contributed by atoms with van der Waals surface area (Å²) in [7, 11) is 0. The number of carbonyl (C=O) groups excluding carboxylic acids is 2. The highest BCUT2D eigenvalue weighted by Crippen LogP contribution is 2.32. The molecule has 2 N–H and O–H groups in total. The summed E-state index contributed by atoms with van der Waals surface area (Å²) in [4.78, 5) is 30.5. The van der Waals surface area contributed by atoms with Crippen LogP contribution in [0, 0.1) is 5.82 Å². The Hall–Kier alpha value is -3.55. The molecule has 0 saturated carbocycles. The van der Waals surface area contributed by atoms with Gasteiger partial charge in [-0.05, 0) is 63.4 Å². The maximum atomic E-state index is 13.8. The van der Waals surface area contributed by atoms with Crippen molar-refractivity contribution >= 4 is 23.1 Å². The molecule has 2 atom stereocenters. The second kappa shape index (κ2) is 11.9. The third kappa shape index (κ3) is 6.99. The zero-order chi connectivity index (χ0) is 26.3. The number of halogens is 1. The first kappa shape index (κ1) is 27.0. The van der Waals surface area contributed by atoms with Crippen LogP contribution in [0.25, 0.3) is 10.9 Å². The van der Waals surface area contributed by atoms with Gasteiger partial charge in [0.2, 0.25) is 0 Å². The number of aromatic nitrogens is 1. The van der Waals surface area contributed by atoms with Gasteiger partial charge in [0.15, 0.2) is 0 Å². The third-order valence-electron chi connectivity index (χ3n) is 6.01. The summed E-state index contributed by atoms with van der Waals surface area (Å²) in [5.41, 5.74) is 1.77. The molecule has 194 valence electrons. The van der Waals surface area contributed by atoms with E-state index < -0.39 is 17.8 Å². The standard InChI is InChI=1S/C28H36FN3O4/c1-6-25(32(7-2)27(34)36-28(3,4)5)23(22-16-30-24-15-20(29)13-14-21(22)24)17-31-26(33)35-18-19-11-9-8-10-12-19/h8-16,23,25,30H,6-7,17-18H2,1-5H3,(H,31,33). The highest BCUT2D eigenvalue weighted by atomic mass is 19.1. The van der Waals surface area contributed by atoms with Gasteiger partial charge < -0.3 is 24.7 Å². The van der Waals surface area contributed by atoms with Gasteiger partial charge in [0, 0.05) is 42.1 Å². The molecule has 0 aliphatic rings. The first-order valence-corrected chi connectivity index (χ1v) is 12.3. The van der Waals surface area contributed by atoms with Crippen LogP contribution in [0.15, 0.2) is 54.7 Å². The number of fused-ring (bicyclic) bond motifs is 1. The van der Waals surface area contributed by atoms with E-state index in [1.54, 1.807) is 11.0 Å². The average molecular weight is 498 g/mol. The predicted molar refractivity (Wildman–Crippen MR) is 138 cm³/mol. The molecule has 1 aromatic heterocycles. The Bertz CT molecular complexity index is 1160. The van der Waals surface area contributed by atoms with Crippen molar-refractivity contribution in [2.45, 2.75) is 65.2 Å². The van der Waals surface area contributed by atoms with E-state index in [-0.39, 0.29) is 30.9 Å². The van der Waals surface area contributed by atoms with Crippen molar-refractivity contribution in [1.29, 1.82) is 0 Å². The van der Waals surface area contributed by atoms with Crippen LogP contribution in [0.2, 0.25) is 0 Å². The number of likely N-dealkylation sites (N-methyl/N-ethyl adjacent to an activating group) is 1. The Kier molecular flexibility index (Phi) is 8.96. The molecule has 0 radical (unpaired) electrons. The molecule has 3 rings (SSSR count). The van der Waals surface area contributed by atoms with E-state index in [4.69, 9.17) is 9.47 Å². The summed E-state index contributed by atoms with van der Waals surface area (Å²) in [6.45, 7) is 10.2. The number of H-pyrrole nitrogens is 1. The van der Waals surface area contributed by atoms with Crippen LogP contribution in [-0.4, -0.2) is 46.8 Å². The van der Waals surface area contributed by atoms with Gasteiger partial charge in [-0.3, -0.25) is 0 Å². The van der Waals surface area contributed by atoms with Gasteiger partial charge in [-0.1, -0.05) is 37.3 Å². The topological polar surface area (TPSA) is 83.7 Å². The van der Waals surface area contributed by atoms with Crippen LogP contribution < -0.4 is 5.32 Å². The quantitative estimate of drug-likeness (QED) is 0.361. The van der Waals surface area contributed by atoms with E-state index in [0.29, 0.717) is 18.5 Å². The van der Waals surface area contributed by atoms with Crippen LogP contribution in [0.1, 0.15) is 58.1 Å². The maximum Gasteiger partial charge on any atom is 0.410 e. The van der Waals surface area contributed by atoms with Crippen molar-refractivity contribution in [3.05, 3.63) is 71.7 Å². The number of benzene rings is 2. The normalized spacial score (nSPS) is 13.2. The molecule has 0 saturated heterocycles. The van der Waals surface area contributed by atoms with Crippen molar-refractivity contribution in [3.8, 4) is 0 Å². The number of amides is 2. The smallest absolute Gasteiger partial charge is 0.410 e. The van der Waals surface area contributed by atoms with Crippen molar-refractivity contribution in [1.82, 2.24) is 15.2 Å². The lowest BCUT2D eigenvalue weighted by Crippen LogP contribution is -2.48. The first-order chi connectivity index (χ1) is 17.1. The molecule has 1 heterocycles. The Morgan fingerprint density at radius 2 is 1.83 bits per heavy atom. The summed E-state index contributed by atoms with van der Waals surface area (Å²) < 4.78 is 24.9. The summed E-state index contributed by atoms with van der Waals surface area (Å²) in [6, 6.07) is 13.7. The Balaban J connectivity index is 1.86. The zero-order valence-electron chi connectivity index (χ0n) is 21.6. The molecule has 0 aliphatic heterocycles. The summed E-state index contributed by atoms with van der Waals surface area (Å²) in [5, 5.41) is 3.70. The zero-order valence-corrected chi connectivity index (χ0v) is 21.6. The van der Waals surface area contributed by atoms with Gasteiger partial charge in [-0.25, -0.2) is 14.0 Å². The Morgan fingerprint density at radius 3 is 2.47 bits per heavy atom. The summed E-state index contributed by atoms with van der Waals surface area (Å²) in [5.74, 6) is -0.642. The van der Waals surface area contributed by atoms with E-state index in [9.17, 15) is 14.0 Å². The number of nitrogens with one attached hydrogen (secondary N) is 2. The minimum atomic E-state index is -0.643. The maximum absolute atomic E-state index is 13.8. The number of carbonyl (C=O) groups is 2. The van der Waals surface area contributed by atoms with E-state index in [1.807, 2.05) is 71.1 Å². The second-order valence-electron chi connectivity index (χ2n) is 9.73. The van der Waals surface area contributed by atoms with Crippen LogP contribution >= 0.6 is 0 Å². The second-order valence-corrected chi connectivity index (χ2v) is 9.73. The van der Waals surface area contributed by atoms with Crippen LogP contribution in [-0.2, 0) is 16.1 Å². The van der Waals surface area contributed by atoms with Gasteiger partial charge in [0.05, 0.1) is 0 Å². The summed E-state index contributed by atoms with van der Waals surface area (Å²) in [6.07, 6.45) is 1.47. The molecule has 2 unspecified atom stereocenters. The fraction of sp³-hybridized carbons (Fsp3) is 0.429. The van der Waals surface area contributed by atoms with Gasteiger partial charge in [-0.2, -0.15) is 0 Å². The van der Waals surface area contributed by atoms with Crippen molar-refractivity contribution < 1.29 is 23.5 Å². The largest absolute Gasteiger partial charge is 0.445 e. The molecule has 0 aliphatic carbocycles. The number of aromatic amines is 1. The fourth-order valence-electron chi connectivity index (χ4n) is 4.39. The molecule has 3 aromatic rings. The molecule has 0 bridgehead atoms. The number of hydrogen-bond donors (Lipinski definition) is 2. The number of rotatable bonds is 9. The van der Waals surface area contributed by atoms with E-state index >= 15 is 0 Å². The first-order valence-electron chi connectivity index (χ1n) is 12.3. The lowest BCUT2D eigenvalue weighted by atomic mass is 9.88. The Morgan fingerprint density at radius 1 is 1.11 bits per heavy atom. The molecule has 0 spiro atoms. The molecule has 8 heteroatoms. The van der Waals surface area contributed by atoms with Crippen LogP contribution in [0.4, 0.5) is 14.0 Å². The fourth-order valence-corrected chi connectivity index (χ4v) is 4.39. The highest BCUT2D eigenvalue weighted by Gasteiger charge is 2.34. The molecule has 2 aromatic carbocycles. The molecule has 7 nitrogen and oxygen atoms in total. The van der Waals surface area contributed by atoms with Gasteiger partial charge in [0.25, 0.3) is 0 Å². The number of ether oxygens (including phenoxy) is 2. The lowest BCUT2D eigenvalue weighted by molar-refractivity contribution is 0.0140. The third-order valence-corrected chi connectivity index (χ3v) is 6.01. The van der Waals surface area contributed by atoms with E-state index in [1.165, 1.54) is 12.1 Å². The Labute approximate surface area is 212 Å². The monoisotopic (exact) mass is 497 g/mol. The minimum absolute atomic E-state index is 0.153. The molecular formula is C28H36FN3O4. The minimum Gasteiger partial charge on any atom is -0.445 e. The SMILES string of the molecule is CCC(C(CNC(=O)OCc1ccccc1)c1c[nH]c2cc(F)ccc12)N(CC)C(=O)OC(C)(C)C. The number of alkyl carbamates (subject to hydrolysis) is 1. The van der Waals surface area contributed by atoms with Crippen LogP contribution in [0.5, 0.6) is 0 Å². The van der Waals surface area contributed by atoms with Crippen molar-refractivity contribution in [2.75, 3.05) is 13.1 Å². The van der Waals surface area contributed by atoms with E-state index in [0.717, 1.165) is 16.5 Å². The van der Waals surface area contributed by atoms with E-state index in [2.05, 4.69) is 10.3 Å². The molecule has 2 amide bonds. The molecular weight excluding hydrogens is 461 g/mol. The summed E-state index contributed by atoms with van der Waals surface area (Å²) >= 11 is 0. The van der Waals surface area contributed by atoms with Gasteiger partial charge in [0.1, 0.15) is 18.0 Å². The van der Waals surface area contributed by atoms with Gasteiger partial charge in [-0.15, -0.1) is 0 Å². The lowest BCUT2D eigenvalue weighted by Gasteiger charge is -2.37. The number of nitrogens with zero attached hydrogens (tertiary/aromatic N) is 1. The van der Waals surface area contributed by atoms with Crippen molar-refractivity contribution in [2.24, 2.45) is 0 Å². The molecule has 0 fully saturated rings. The average Bonchev–Trinajstić information content (AvgIpc) is 3.24. The van der Waals surface area contributed by atoms with Gasteiger partial charge >= 0.3 is 12.2 Å². The van der Waals surface area contributed by atoms with Crippen LogP contribution in [0.3, 0.4) is 0 Å². The van der Waals surface area contributed by atoms with Crippen molar-refractivity contribution in [3.63, 3.8) is 0 Å². The predicted octanol–water partition coefficient (Wildman–Crippen LogP) is 6.35. The highest BCUT2D eigenvalue weighted by molar-refractivity contribution is 5.84.